The second-order valence-electron chi connectivity index (χ2n) is 3.29. The predicted octanol–water partition coefficient (Wildman–Crippen LogP) is 2.29. The molecule has 0 amide bonds. The molecular formula is C10H11ClO3S2. The highest BCUT2D eigenvalue weighted by Gasteiger charge is 2.05. The summed E-state index contributed by atoms with van der Waals surface area (Å²) in [6.45, 7) is 0. The van der Waals surface area contributed by atoms with Gasteiger partial charge in [-0.3, -0.25) is 4.79 Å². The fourth-order valence-corrected chi connectivity index (χ4v) is 3.49. The molecule has 0 radical (unpaired) electrons. The van der Waals surface area contributed by atoms with Crippen molar-refractivity contribution in [1.29, 1.82) is 0 Å². The van der Waals surface area contributed by atoms with Crippen LogP contribution in [-0.2, 0) is 9.84 Å². The van der Waals surface area contributed by atoms with Crippen LogP contribution in [0.25, 0.3) is 0 Å². The normalized spacial score (nSPS) is 11.4. The minimum Gasteiger partial charge on any atom is -0.298 e. The molecule has 1 aromatic carbocycles. The Morgan fingerprint density at radius 3 is 2.62 bits per heavy atom. The van der Waals surface area contributed by atoms with Crippen LogP contribution in [0.1, 0.15) is 10.4 Å². The van der Waals surface area contributed by atoms with Crippen molar-refractivity contribution in [1.82, 2.24) is 0 Å². The van der Waals surface area contributed by atoms with E-state index in [0.29, 0.717) is 16.3 Å². The van der Waals surface area contributed by atoms with Gasteiger partial charge in [0.05, 0.1) is 10.8 Å². The van der Waals surface area contributed by atoms with E-state index in [-0.39, 0.29) is 5.75 Å². The number of aldehydes is 1. The highest BCUT2D eigenvalue weighted by atomic mass is 35.5. The Morgan fingerprint density at radius 1 is 1.44 bits per heavy atom. The Morgan fingerprint density at radius 2 is 2.12 bits per heavy atom. The Hall–Kier alpha value is -0.520. The fourth-order valence-electron chi connectivity index (χ4n) is 1.01. The van der Waals surface area contributed by atoms with Gasteiger partial charge in [-0.2, -0.15) is 0 Å². The summed E-state index contributed by atoms with van der Waals surface area (Å²) >= 11 is 7.30. The molecule has 0 heterocycles. The van der Waals surface area contributed by atoms with E-state index < -0.39 is 9.84 Å². The average molecular weight is 279 g/mol. The second-order valence-corrected chi connectivity index (χ2v) is 7.09. The maximum Gasteiger partial charge on any atom is 0.150 e. The van der Waals surface area contributed by atoms with Crippen LogP contribution in [0.2, 0.25) is 5.02 Å². The number of thioether (sulfide) groups is 1. The summed E-state index contributed by atoms with van der Waals surface area (Å²) in [6, 6.07) is 4.94. The van der Waals surface area contributed by atoms with Crippen LogP contribution in [-0.4, -0.2) is 32.5 Å². The van der Waals surface area contributed by atoms with Crippen LogP contribution in [0.15, 0.2) is 23.1 Å². The molecule has 0 aliphatic heterocycles. The number of hydrogen-bond donors (Lipinski definition) is 0. The van der Waals surface area contributed by atoms with Crippen LogP contribution in [0.5, 0.6) is 0 Å². The molecule has 0 fully saturated rings. The molecule has 3 nitrogen and oxygen atoms in total. The standard InChI is InChI=1S/C10H11ClO3S2/c1-16(13,14)5-4-15-10-3-2-8(7-12)6-9(10)11/h2-3,6-7H,4-5H2,1H3. The molecule has 0 atom stereocenters. The summed E-state index contributed by atoms with van der Waals surface area (Å²) in [4.78, 5) is 11.3. The first-order valence-electron chi connectivity index (χ1n) is 4.47. The van der Waals surface area contributed by atoms with Crippen molar-refractivity contribution in [3.63, 3.8) is 0 Å². The van der Waals surface area contributed by atoms with Crippen molar-refractivity contribution in [2.24, 2.45) is 0 Å². The van der Waals surface area contributed by atoms with Crippen molar-refractivity contribution in [3.05, 3.63) is 28.8 Å². The van der Waals surface area contributed by atoms with E-state index in [9.17, 15) is 13.2 Å². The Bertz CT molecular complexity index is 483. The zero-order valence-corrected chi connectivity index (χ0v) is 11.0. The lowest BCUT2D eigenvalue weighted by Crippen LogP contribution is -2.04. The number of sulfone groups is 1. The third kappa shape index (κ3) is 4.55. The lowest BCUT2D eigenvalue weighted by Gasteiger charge is -2.03. The molecule has 0 aliphatic rings. The quantitative estimate of drug-likeness (QED) is 0.612. The van der Waals surface area contributed by atoms with Crippen molar-refractivity contribution in [2.75, 3.05) is 17.8 Å². The number of benzene rings is 1. The molecule has 0 bridgehead atoms. The van der Waals surface area contributed by atoms with Gasteiger partial charge in [-0.15, -0.1) is 11.8 Å². The lowest BCUT2D eigenvalue weighted by atomic mass is 10.2. The molecule has 6 heteroatoms. The van der Waals surface area contributed by atoms with Crippen molar-refractivity contribution in [2.45, 2.75) is 4.90 Å². The summed E-state index contributed by atoms with van der Waals surface area (Å²) in [5, 5.41) is 0.475. The molecule has 1 aromatic rings. The van der Waals surface area contributed by atoms with E-state index in [2.05, 4.69) is 0 Å². The fraction of sp³-hybridized carbons (Fsp3) is 0.300. The minimum absolute atomic E-state index is 0.115. The van der Waals surface area contributed by atoms with Crippen LogP contribution < -0.4 is 0 Å². The van der Waals surface area contributed by atoms with E-state index in [1.165, 1.54) is 18.0 Å². The van der Waals surface area contributed by atoms with Crippen molar-refractivity contribution in [3.8, 4) is 0 Å². The maximum absolute atomic E-state index is 10.9. The van der Waals surface area contributed by atoms with E-state index in [4.69, 9.17) is 11.6 Å². The van der Waals surface area contributed by atoms with Gasteiger partial charge in [-0.1, -0.05) is 17.7 Å². The number of hydrogen-bond acceptors (Lipinski definition) is 4. The summed E-state index contributed by atoms with van der Waals surface area (Å²) in [5.74, 6) is 0.572. The molecule has 0 unspecified atom stereocenters. The van der Waals surface area contributed by atoms with E-state index >= 15 is 0 Å². The SMILES string of the molecule is CS(=O)(=O)CCSc1ccc(C=O)cc1Cl. The summed E-state index contributed by atoms with van der Waals surface area (Å²) < 4.78 is 21.8. The average Bonchev–Trinajstić information content (AvgIpc) is 2.18. The molecule has 0 saturated heterocycles. The monoisotopic (exact) mass is 278 g/mol. The van der Waals surface area contributed by atoms with Gasteiger partial charge in [-0.25, -0.2) is 8.42 Å². The molecule has 1 rings (SSSR count). The van der Waals surface area contributed by atoms with Gasteiger partial charge in [-0.05, 0) is 12.1 Å². The van der Waals surface area contributed by atoms with Gasteiger partial charge in [0.1, 0.15) is 16.1 Å². The van der Waals surface area contributed by atoms with Gasteiger partial charge in [0, 0.05) is 22.5 Å². The minimum atomic E-state index is -2.94. The third-order valence-electron chi connectivity index (χ3n) is 1.80. The molecule has 0 N–H and O–H groups in total. The van der Waals surface area contributed by atoms with Crippen molar-refractivity contribution >= 4 is 39.5 Å². The number of carbonyl (C=O) groups is 1. The summed E-state index contributed by atoms with van der Waals surface area (Å²) in [5.41, 5.74) is 0.512. The van der Waals surface area contributed by atoms with E-state index in [1.807, 2.05) is 0 Å². The zero-order valence-electron chi connectivity index (χ0n) is 8.64. The van der Waals surface area contributed by atoms with Gasteiger partial charge in [0.2, 0.25) is 0 Å². The van der Waals surface area contributed by atoms with Crippen LogP contribution in [0, 0.1) is 0 Å². The topological polar surface area (TPSA) is 51.2 Å². The highest BCUT2D eigenvalue weighted by Crippen LogP contribution is 2.27. The van der Waals surface area contributed by atoms with E-state index in [1.54, 1.807) is 18.2 Å². The molecule has 88 valence electrons. The molecule has 0 spiro atoms. The van der Waals surface area contributed by atoms with Gasteiger partial charge < -0.3 is 0 Å². The number of rotatable bonds is 5. The van der Waals surface area contributed by atoms with Crippen LogP contribution in [0.4, 0.5) is 0 Å². The molecule has 0 aromatic heterocycles. The first kappa shape index (κ1) is 13.5. The first-order chi connectivity index (χ1) is 7.42. The lowest BCUT2D eigenvalue weighted by molar-refractivity contribution is 0.112. The predicted molar refractivity (Wildman–Crippen MR) is 67.3 cm³/mol. The third-order valence-corrected chi connectivity index (χ3v) is 4.51. The Labute approximate surface area is 104 Å². The maximum atomic E-state index is 10.9. The van der Waals surface area contributed by atoms with Crippen LogP contribution >= 0.6 is 23.4 Å². The molecular weight excluding hydrogens is 268 g/mol. The summed E-state index contributed by atoms with van der Waals surface area (Å²) in [6.07, 6.45) is 1.92. The summed E-state index contributed by atoms with van der Waals surface area (Å²) in [7, 11) is -2.94. The van der Waals surface area contributed by atoms with Gasteiger partial charge >= 0.3 is 0 Å². The van der Waals surface area contributed by atoms with Gasteiger partial charge in [0.15, 0.2) is 0 Å². The van der Waals surface area contributed by atoms with Crippen molar-refractivity contribution < 1.29 is 13.2 Å². The first-order valence-corrected chi connectivity index (χ1v) is 7.90. The number of halogens is 1. The van der Waals surface area contributed by atoms with E-state index in [0.717, 1.165) is 11.2 Å². The number of carbonyl (C=O) groups excluding carboxylic acids is 1. The van der Waals surface area contributed by atoms with Gasteiger partial charge in [0.25, 0.3) is 0 Å². The smallest absolute Gasteiger partial charge is 0.150 e. The molecule has 0 aliphatic carbocycles. The Balaban J connectivity index is 2.65. The molecule has 16 heavy (non-hydrogen) atoms. The Kier molecular flexibility index (Phi) is 4.83. The zero-order chi connectivity index (χ0) is 12.2. The van der Waals surface area contributed by atoms with Crippen LogP contribution in [0.3, 0.4) is 0 Å². The largest absolute Gasteiger partial charge is 0.298 e. The second kappa shape index (κ2) is 5.70. The molecule has 0 saturated carbocycles. The highest BCUT2D eigenvalue weighted by molar-refractivity contribution is 8.00.